The SMILES string of the molecule is COc1ccc2c(c1)C(O)CCN2C(=O)N1CCOCC1. The van der Waals surface area contributed by atoms with Gasteiger partial charge in [0.25, 0.3) is 0 Å². The molecule has 2 aliphatic heterocycles. The molecule has 1 unspecified atom stereocenters. The summed E-state index contributed by atoms with van der Waals surface area (Å²) in [4.78, 5) is 16.2. The van der Waals surface area contributed by atoms with E-state index in [0.29, 0.717) is 45.0 Å². The van der Waals surface area contributed by atoms with E-state index in [1.54, 1.807) is 23.0 Å². The van der Waals surface area contributed by atoms with Gasteiger partial charge < -0.3 is 19.5 Å². The average molecular weight is 292 g/mol. The monoisotopic (exact) mass is 292 g/mol. The first-order valence-corrected chi connectivity index (χ1v) is 7.21. The van der Waals surface area contributed by atoms with Crippen LogP contribution in [0.1, 0.15) is 18.1 Å². The van der Waals surface area contributed by atoms with E-state index in [2.05, 4.69) is 0 Å². The topological polar surface area (TPSA) is 62.2 Å². The zero-order valence-corrected chi connectivity index (χ0v) is 12.1. The van der Waals surface area contributed by atoms with E-state index in [1.807, 2.05) is 12.1 Å². The van der Waals surface area contributed by atoms with Gasteiger partial charge in [0.05, 0.1) is 32.1 Å². The van der Waals surface area contributed by atoms with E-state index in [1.165, 1.54) is 0 Å². The van der Waals surface area contributed by atoms with Crippen LogP contribution in [0.2, 0.25) is 0 Å². The van der Waals surface area contributed by atoms with E-state index in [-0.39, 0.29) is 6.03 Å². The smallest absolute Gasteiger partial charge is 0.324 e. The Morgan fingerprint density at radius 3 is 2.81 bits per heavy atom. The van der Waals surface area contributed by atoms with Crippen LogP contribution in [0.3, 0.4) is 0 Å². The standard InChI is InChI=1S/C15H20N2O4/c1-20-11-2-3-13-12(10-11)14(18)4-5-17(13)15(19)16-6-8-21-9-7-16/h2-3,10,14,18H,4-9H2,1H3. The molecule has 2 heterocycles. The number of aliphatic hydroxyl groups is 1. The second-order valence-corrected chi connectivity index (χ2v) is 5.26. The molecule has 1 atom stereocenters. The number of nitrogens with zero attached hydrogens (tertiary/aromatic N) is 2. The maximum absolute atomic E-state index is 12.7. The average Bonchev–Trinajstić information content (AvgIpc) is 2.55. The van der Waals surface area contributed by atoms with Crippen LogP contribution in [0.25, 0.3) is 0 Å². The van der Waals surface area contributed by atoms with Crippen molar-refractivity contribution in [2.24, 2.45) is 0 Å². The highest BCUT2D eigenvalue weighted by atomic mass is 16.5. The third kappa shape index (κ3) is 2.69. The number of amides is 2. The number of carbonyl (C=O) groups excluding carboxylic acids is 1. The number of morpholine rings is 1. The Morgan fingerprint density at radius 1 is 1.33 bits per heavy atom. The van der Waals surface area contributed by atoms with Crippen molar-refractivity contribution in [3.63, 3.8) is 0 Å². The van der Waals surface area contributed by atoms with Crippen LogP contribution in [0.5, 0.6) is 5.75 Å². The molecule has 1 N–H and O–H groups in total. The van der Waals surface area contributed by atoms with Crippen molar-refractivity contribution in [1.29, 1.82) is 0 Å². The molecule has 0 aromatic heterocycles. The number of hydrogen-bond donors (Lipinski definition) is 1. The lowest BCUT2D eigenvalue weighted by Gasteiger charge is -2.37. The van der Waals surface area contributed by atoms with E-state index in [4.69, 9.17) is 9.47 Å². The predicted octanol–water partition coefficient (Wildman–Crippen LogP) is 1.39. The molecule has 2 amide bonds. The number of anilines is 1. The number of carbonyl (C=O) groups is 1. The van der Waals surface area contributed by atoms with Crippen LogP contribution in [0.4, 0.5) is 10.5 Å². The quantitative estimate of drug-likeness (QED) is 0.849. The summed E-state index contributed by atoms with van der Waals surface area (Å²) in [5, 5.41) is 10.2. The molecule has 6 nitrogen and oxygen atoms in total. The van der Waals surface area contributed by atoms with Crippen LogP contribution >= 0.6 is 0 Å². The van der Waals surface area contributed by atoms with E-state index >= 15 is 0 Å². The first kappa shape index (κ1) is 14.2. The normalized spacial score (nSPS) is 21.9. The molecule has 0 saturated carbocycles. The minimum atomic E-state index is -0.552. The Labute approximate surface area is 123 Å². The van der Waals surface area contributed by atoms with Crippen molar-refractivity contribution in [2.45, 2.75) is 12.5 Å². The molecular formula is C15H20N2O4. The van der Waals surface area contributed by atoms with Gasteiger partial charge in [0, 0.05) is 25.2 Å². The lowest BCUT2D eigenvalue weighted by molar-refractivity contribution is 0.0544. The van der Waals surface area contributed by atoms with E-state index < -0.39 is 6.10 Å². The Balaban J connectivity index is 1.88. The molecule has 3 rings (SSSR count). The summed E-state index contributed by atoms with van der Waals surface area (Å²) in [5.74, 6) is 0.688. The maximum Gasteiger partial charge on any atom is 0.324 e. The molecule has 2 aliphatic rings. The molecule has 0 radical (unpaired) electrons. The lowest BCUT2D eigenvalue weighted by Crippen LogP contribution is -2.50. The molecule has 1 fully saturated rings. The fourth-order valence-corrected chi connectivity index (χ4v) is 2.82. The Morgan fingerprint density at radius 2 is 2.10 bits per heavy atom. The van der Waals surface area contributed by atoms with Gasteiger partial charge in [-0.25, -0.2) is 4.79 Å². The fourth-order valence-electron chi connectivity index (χ4n) is 2.82. The second-order valence-electron chi connectivity index (χ2n) is 5.26. The van der Waals surface area contributed by atoms with Gasteiger partial charge in [-0.1, -0.05) is 0 Å². The van der Waals surface area contributed by atoms with Crippen molar-refractivity contribution >= 4 is 11.7 Å². The number of ether oxygens (including phenoxy) is 2. The minimum Gasteiger partial charge on any atom is -0.497 e. The summed E-state index contributed by atoms with van der Waals surface area (Å²) in [6, 6.07) is 5.45. The number of aliphatic hydroxyl groups excluding tert-OH is 1. The van der Waals surface area contributed by atoms with Crippen LogP contribution in [-0.4, -0.2) is 56.0 Å². The molecule has 1 aromatic rings. The Kier molecular flexibility index (Phi) is 3.98. The molecular weight excluding hydrogens is 272 g/mol. The molecule has 6 heteroatoms. The zero-order valence-electron chi connectivity index (χ0n) is 12.1. The number of fused-ring (bicyclic) bond motifs is 1. The number of hydrogen-bond acceptors (Lipinski definition) is 4. The third-order valence-corrected chi connectivity index (χ3v) is 4.02. The first-order valence-electron chi connectivity index (χ1n) is 7.21. The first-order chi connectivity index (χ1) is 10.2. The summed E-state index contributed by atoms with van der Waals surface area (Å²) in [7, 11) is 1.59. The van der Waals surface area contributed by atoms with Gasteiger partial charge in [-0.15, -0.1) is 0 Å². The van der Waals surface area contributed by atoms with Gasteiger partial charge in [-0.3, -0.25) is 4.90 Å². The van der Waals surface area contributed by atoms with Gasteiger partial charge >= 0.3 is 6.03 Å². The molecule has 1 aromatic carbocycles. The highest BCUT2D eigenvalue weighted by Crippen LogP contribution is 2.36. The van der Waals surface area contributed by atoms with Crippen LogP contribution < -0.4 is 9.64 Å². The van der Waals surface area contributed by atoms with Gasteiger partial charge in [0.1, 0.15) is 5.75 Å². The Bertz CT molecular complexity index is 528. The van der Waals surface area contributed by atoms with E-state index in [9.17, 15) is 9.90 Å². The van der Waals surface area contributed by atoms with Crippen LogP contribution in [0.15, 0.2) is 18.2 Å². The molecule has 1 saturated heterocycles. The molecule has 21 heavy (non-hydrogen) atoms. The number of urea groups is 1. The van der Waals surface area contributed by atoms with Crippen LogP contribution in [0, 0.1) is 0 Å². The van der Waals surface area contributed by atoms with Gasteiger partial charge in [-0.05, 0) is 24.6 Å². The second kappa shape index (κ2) is 5.91. The minimum absolute atomic E-state index is 0.0170. The zero-order chi connectivity index (χ0) is 14.8. The molecule has 0 bridgehead atoms. The predicted molar refractivity (Wildman–Crippen MR) is 77.7 cm³/mol. The van der Waals surface area contributed by atoms with Crippen molar-refractivity contribution < 1.29 is 19.4 Å². The summed E-state index contributed by atoms with van der Waals surface area (Å²) in [6.45, 7) is 2.92. The van der Waals surface area contributed by atoms with Gasteiger partial charge in [0.2, 0.25) is 0 Å². The molecule has 114 valence electrons. The highest BCUT2D eigenvalue weighted by molar-refractivity contribution is 5.93. The van der Waals surface area contributed by atoms with Gasteiger partial charge in [0.15, 0.2) is 0 Å². The van der Waals surface area contributed by atoms with Crippen molar-refractivity contribution in [2.75, 3.05) is 44.9 Å². The van der Waals surface area contributed by atoms with Crippen LogP contribution in [-0.2, 0) is 4.74 Å². The summed E-state index contributed by atoms with van der Waals surface area (Å²) < 4.78 is 10.5. The van der Waals surface area contributed by atoms with Crippen molar-refractivity contribution in [3.05, 3.63) is 23.8 Å². The third-order valence-electron chi connectivity index (χ3n) is 4.02. The molecule has 0 spiro atoms. The highest BCUT2D eigenvalue weighted by Gasteiger charge is 2.31. The van der Waals surface area contributed by atoms with Gasteiger partial charge in [-0.2, -0.15) is 0 Å². The summed E-state index contributed by atoms with van der Waals surface area (Å²) in [5.41, 5.74) is 1.52. The summed E-state index contributed by atoms with van der Waals surface area (Å²) >= 11 is 0. The van der Waals surface area contributed by atoms with E-state index in [0.717, 1.165) is 11.3 Å². The van der Waals surface area contributed by atoms with Crippen molar-refractivity contribution in [1.82, 2.24) is 4.90 Å². The number of benzene rings is 1. The Hall–Kier alpha value is -1.79. The summed E-state index contributed by atoms with van der Waals surface area (Å²) in [6.07, 6.45) is -0.0141. The molecule has 0 aliphatic carbocycles. The number of methoxy groups -OCH3 is 1. The lowest BCUT2D eigenvalue weighted by atomic mass is 9.98. The largest absolute Gasteiger partial charge is 0.497 e. The maximum atomic E-state index is 12.7. The number of rotatable bonds is 1. The fraction of sp³-hybridized carbons (Fsp3) is 0.533. The van der Waals surface area contributed by atoms with Crippen molar-refractivity contribution in [3.8, 4) is 5.75 Å².